The number of nitrogens with one attached hydrogen (secondary N) is 2. The lowest BCUT2D eigenvalue weighted by Crippen LogP contribution is -2.15. The fourth-order valence-corrected chi connectivity index (χ4v) is 2.78. The smallest absolute Gasteiger partial charge is 0.125 e. The summed E-state index contributed by atoms with van der Waals surface area (Å²) in [6.07, 6.45) is 0.934. The first-order valence-corrected chi connectivity index (χ1v) is 7.12. The van der Waals surface area contributed by atoms with Gasteiger partial charge >= 0.3 is 0 Å². The summed E-state index contributed by atoms with van der Waals surface area (Å²) in [4.78, 5) is 0. The summed E-state index contributed by atoms with van der Waals surface area (Å²) in [7, 11) is 0. The van der Waals surface area contributed by atoms with Crippen LogP contribution < -0.4 is 10.6 Å². The van der Waals surface area contributed by atoms with Gasteiger partial charge in [0.1, 0.15) is 5.82 Å². The van der Waals surface area contributed by atoms with Crippen molar-refractivity contribution in [1.29, 1.82) is 0 Å². The van der Waals surface area contributed by atoms with Crippen molar-refractivity contribution in [3.8, 4) is 0 Å². The van der Waals surface area contributed by atoms with Gasteiger partial charge in [0.05, 0.1) is 16.8 Å². The molecule has 1 aliphatic heterocycles. The van der Waals surface area contributed by atoms with Crippen LogP contribution in [0.3, 0.4) is 0 Å². The van der Waals surface area contributed by atoms with Gasteiger partial charge in [-0.05, 0) is 42.3 Å². The Hall–Kier alpha value is -1.58. The Kier molecular flexibility index (Phi) is 3.90. The number of hydrogen-bond acceptors (Lipinski definition) is 2. The Bertz CT molecular complexity index is 615. The number of fused-ring (bicyclic) bond motifs is 1. The summed E-state index contributed by atoms with van der Waals surface area (Å²) in [5.41, 5.74) is 3.17. The number of benzene rings is 2. The van der Waals surface area contributed by atoms with E-state index in [1.807, 2.05) is 12.1 Å². The van der Waals surface area contributed by atoms with Crippen LogP contribution >= 0.6 is 11.6 Å². The summed E-state index contributed by atoms with van der Waals surface area (Å²) in [6.45, 7) is 1.78. The van der Waals surface area contributed by atoms with Crippen LogP contribution in [-0.2, 0) is 6.54 Å². The van der Waals surface area contributed by atoms with Crippen molar-refractivity contribution >= 4 is 17.3 Å². The number of rotatable bonds is 2. The molecular formula is C16H16ClFN2. The quantitative estimate of drug-likeness (QED) is 0.869. The summed E-state index contributed by atoms with van der Waals surface area (Å²) < 4.78 is 13.4. The van der Waals surface area contributed by atoms with Crippen molar-refractivity contribution in [2.45, 2.75) is 19.0 Å². The van der Waals surface area contributed by atoms with Gasteiger partial charge in [-0.1, -0.05) is 35.9 Å². The molecule has 0 saturated heterocycles. The summed E-state index contributed by atoms with van der Waals surface area (Å²) >= 11 is 6.14. The Morgan fingerprint density at radius 2 is 2.05 bits per heavy atom. The summed E-state index contributed by atoms with van der Waals surface area (Å²) in [5.74, 6) is -0.281. The third-order valence-electron chi connectivity index (χ3n) is 3.61. The normalized spacial score (nSPS) is 18.2. The molecule has 1 heterocycles. The monoisotopic (exact) mass is 290 g/mol. The molecule has 0 fully saturated rings. The minimum atomic E-state index is -0.281. The highest BCUT2D eigenvalue weighted by molar-refractivity contribution is 6.33. The average Bonchev–Trinajstić information content (AvgIpc) is 2.66. The molecule has 0 bridgehead atoms. The van der Waals surface area contributed by atoms with E-state index in [0.717, 1.165) is 19.5 Å². The van der Waals surface area contributed by atoms with Gasteiger partial charge in [0.25, 0.3) is 0 Å². The van der Waals surface area contributed by atoms with Gasteiger partial charge in [0.15, 0.2) is 0 Å². The zero-order chi connectivity index (χ0) is 13.9. The topological polar surface area (TPSA) is 24.1 Å². The van der Waals surface area contributed by atoms with Crippen molar-refractivity contribution in [3.05, 3.63) is 64.4 Å². The lowest BCUT2D eigenvalue weighted by molar-refractivity contribution is 0.623. The highest BCUT2D eigenvalue weighted by atomic mass is 35.5. The second-order valence-electron chi connectivity index (χ2n) is 4.99. The third kappa shape index (κ3) is 2.79. The Morgan fingerprint density at radius 1 is 1.20 bits per heavy atom. The van der Waals surface area contributed by atoms with E-state index in [1.54, 1.807) is 6.07 Å². The highest BCUT2D eigenvalue weighted by Crippen LogP contribution is 2.31. The predicted octanol–water partition coefficient (Wildman–Crippen LogP) is 4.13. The maximum Gasteiger partial charge on any atom is 0.125 e. The largest absolute Gasteiger partial charge is 0.377 e. The van der Waals surface area contributed by atoms with Crippen molar-refractivity contribution < 1.29 is 4.39 Å². The van der Waals surface area contributed by atoms with E-state index in [9.17, 15) is 4.39 Å². The fourth-order valence-electron chi connectivity index (χ4n) is 2.61. The Morgan fingerprint density at radius 3 is 2.95 bits per heavy atom. The van der Waals surface area contributed by atoms with E-state index >= 15 is 0 Å². The molecule has 104 valence electrons. The first-order chi connectivity index (χ1) is 9.74. The standard InChI is InChI=1S/C16H16ClFN2/c17-14-6-5-12(18)9-16(14)20-15-7-8-19-10-11-3-1-2-4-13(11)15/h1-6,9,15,19-20H,7-8,10H2. The lowest BCUT2D eigenvalue weighted by atomic mass is 9.99. The van der Waals surface area contributed by atoms with Gasteiger partial charge in [-0.2, -0.15) is 0 Å². The number of anilines is 1. The molecular weight excluding hydrogens is 275 g/mol. The van der Waals surface area contributed by atoms with Crippen LogP contribution in [0.5, 0.6) is 0 Å². The molecule has 4 heteroatoms. The van der Waals surface area contributed by atoms with Gasteiger partial charge in [0, 0.05) is 6.54 Å². The van der Waals surface area contributed by atoms with E-state index in [0.29, 0.717) is 10.7 Å². The van der Waals surface area contributed by atoms with Crippen LogP contribution in [0.4, 0.5) is 10.1 Å². The van der Waals surface area contributed by atoms with Gasteiger partial charge in [-0.3, -0.25) is 0 Å². The molecule has 3 rings (SSSR count). The van der Waals surface area contributed by atoms with Crippen molar-refractivity contribution in [1.82, 2.24) is 5.32 Å². The van der Waals surface area contributed by atoms with E-state index in [2.05, 4.69) is 22.8 Å². The minimum Gasteiger partial charge on any atom is -0.377 e. The fraction of sp³-hybridized carbons (Fsp3) is 0.250. The van der Waals surface area contributed by atoms with E-state index in [4.69, 9.17) is 11.6 Å². The van der Waals surface area contributed by atoms with E-state index < -0.39 is 0 Å². The van der Waals surface area contributed by atoms with Crippen molar-refractivity contribution in [3.63, 3.8) is 0 Å². The van der Waals surface area contributed by atoms with Gasteiger partial charge < -0.3 is 10.6 Å². The molecule has 0 amide bonds. The molecule has 2 N–H and O–H groups in total. The first kappa shape index (κ1) is 13.4. The summed E-state index contributed by atoms with van der Waals surface area (Å²) in [6, 6.07) is 12.9. The van der Waals surface area contributed by atoms with Gasteiger partial charge in [-0.15, -0.1) is 0 Å². The van der Waals surface area contributed by atoms with Crippen molar-refractivity contribution in [2.24, 2.45) is 0 Å². The zero-order valence-corrected chi connectivity index (χ0v) is 11.8. The first-order valence-electron chi connectivity index (χ1n) is 6.74. The number of halogens is 2. The molecule has 2 nitrogen and oxygen atoms in total. The highest BCUT2D eigenvalue weighted by Gasteiger charge is 2.18. The van der Waals surface area contributed by atoms with Crippen LogP contribution in [0.15, 0.2) is 42.5 Å². The molecule has 1 aliphatic rings. The van der Waals surface area contributed by atoms with Crippen LogP contribution in [-0.4, -0.2) is 6.54 Å². The van der Waals surface area contributed by atoms with Gasteiger partial charge in [0.2, 0.25) is 0 Å². The van der Waals surface area contributed by atoms with E-state index in [-0.39, 0.29) is 11.9 Å². The maximum atomic E-state index is 13.4. The molecule has 0 radical (unpaired) electrons. The minimum absolute atomic E-state index is 0.139. The Labute approximate surface area is 123 Å². The second kappa shape index (κ2) is 5.81. The molecule has 1 unspecified atom stereocenters. The lowest BCUT2D eigenvalue weighted by Gasteiger charge is -2.21. The predicted molar refractivity (Wildman–Crippen MR) is 80.5 cm³/mol. The van der Waals surface area contributed by atoms with Crippen LogP contribution in [0.1, 0.15) is 23.6 Å². The molecule has 0 aliphatic carbocycles. The molecule has 0 aromatic heterocycles. The van der Waals surface area contributed by atoms with Crippen LogP contribution in [0.25, 0.3) is 0 Å². The molecule has 0 saturated carbocycles. The molecule has 2 aromatic carbocycles. The maximum absolute atomic E-state index is 13.4. The second-order valence-corrected chi connectivity index (χ2v) is 5.39. The molecule has 0 spiro atoms. The van der Waals surface area contributed by atoms with Crippen LogP contribution in [0.2, 0.25) is 5.02 Å². The zero-order valence-electron chi connectivity index (χ0n) is 11.0. The Balaban J connectivity index is 1.92. The van der Waals surface area contributed by atoms with Crippen LogP contribution in [0, 0.1) is 5.82 Å². The van der Waals surface area contributed by atoms with E-state index in [1.165, 1.54) is 23.3 Å². The number of hydrogen-bond donors (Lipinski definition) is 2. The SMILES string of the molecule is Fc1ccc(Cl)c(NC2CCNCc3ccccc32)c1. The molecule has 2 aromatic rings. The molecule has 20 heavy (non-hydrogen) atoms. The average molecular weight is 291 g/mol. The molecule has 1 atom stereocenters. The summed E-state index contributed by atoms with van der Waals surface area (Å²) in [5, 5.41) is 7.32. The van der Waals surface area contributed by atoms with Crippen molar-refractivity contribution in [2.75, 3.05) is 11.9 Å². The van der Waals surface area contributed by atoms with Gasteiger partial charge in [-0.25, -0.2) is 4.39 Å². The third-order valence-corrected chi connectivity index (χ3v) is 3.94.